The van der Waals surface area contributed by atoms with Crippen LogP contribution in [0.5, 0.6) is 5.75 Å². The van der Waals surface area contributed by atoms with E-state index in [1.165, 1.54) is 52.6 Å². The number of likely N-dealkylation sites (N-methyl/N-ethyl adjacent to an activating group) is 1. The molecule has 0 saturated carbocycles. The Morgan fingerprint density at radius 2 is 1.35 bits per heavy atom. The van der Waals surface area contributed by atoms with E-state index in [0.717, 1.165) is 34.8 Å². The SMILES string of the molecule is CC/C=C/CN(C(=O)[C@@H](NC(=O)[C@H]1CCCC[N+]1(C)Cc1ccc(SSC[C@H](CC(=O)[C@H](CC(=O)O)NC(=O)[C@H](CC(=O)O)CC(=O)[C@H](CCCNC(=N)N)NC(=O)[C@H](CC(=O)O)CC(=O)CC[C@H](NC(=O)c2ccc(NCc3cnc4nc(N)[nH]c(=O)c4n3)cc2)C(=O)O)C(=O)O)cc1)C(C)CC)[C@H](C[C@@H](OCC)c1nc(C(=O)C[C@@H](Cc2ccc(O)cc2)C[C@H](C)C(=O)O)cs1)C(C)C. The number of thiazole rings is 1. The van der Waals surface area contributed by atoms with Crippen molar-refractivity contribution in [3.05, 3.63) is 140 Å². The molecule has 1 aliphatic heterocycles. The summed E-state index contributed by atoms with van der Waals surface area (Å²) in [5, 5.41) is 95.6. The number of anilines is 2. The Hall–Kier alpha value is -12.6. The quantitative estimate of drug-likeness (QED) is 0.00323. The van der Waals surface area contributed by atoms with Gasteiger partial charge in [0.2, 0.25) is 23.7 Å². The number of phenols is 1. The van der Waals surface area contributed by atoms with Crippen LogP contribution in [0.15, 0.2) is 106 Å². The highest BCUT2D eigenvalue weighted by Crippen LogP contribution is 2.37. The number of fused-ring (bicyclic) bond motifs is 1. The molecule has 2 unspecified atom stereocenters. The zero-order valence-corrected chi connectivity index (χ0v) is 79.8. The number of ketones is 4. The number of hydrogen-bond acceptors (Lipinski definition) is 28. The maximum atomic E-state index is 15.6. The van der Waals surface area contributed by atoms with Crippen molar-refractivity contribution in [3.63, 3.8) is 0 Å². The number of ether oxygens (including phenoxy) is 1. The van der Waals surface area contributed by atoms with Crippen LogP contribution in [0, 0.1) is 46.8 Å². The highest BCUT2D eigenvalue weighted by atomic mass is 33.1. The van der Waals surface area contributed by atoms with E-state index in [-0.39, 0.29) is 127 Å². The lowest BCUT2D eigenvalue weighted by Gasteiger charge is -2.45. The van der Waals surface area contributed by atoms with Crippen LogP contribution in [-0.4, -0.2) is 240 Å². The topological polar surface area (TPSA) is 643 Å². The van der Waals surface area contributed by atoms with Gasteiger partial charge in [-0.3, -0.25) is 82.3 Å². The van der Waals surface area contributed by atoms with Crippen molar-refractivity contribution in [1.29, 1.82) is 5.41 Å². The van der Waals surface area contributed by atoms with Gasteiger partial charge in [-0.25, -0.2) is 19.7 Å². The number of Topliss-reactive ketones (excluding diaryl/α,β-unsaturated/α-hetero) is 4. The van der Waals surface area contributed by atoms with E-state index in [1.54, 1.807) is 36.6 Å². The second kappa shape index (κ2) is 54.2. The Bertz CT molecular complexity index is 5270. The number of nitrogens with one attached hydrogen (secondary N) is 8. The summed E-state index contributed by atoms with van der Waals surface area (Å²) >= 11 is 1.27. The van der Waals surface area contributed by atoms with Gasteiger partial charge in [0, 0.05) is 104 Å². The van der Waals surface area contributed by atoms with Crippen LogP contribution in [0.25, 0.3) is 11.2 Å². The fourth-order valence-electron chi connectivity index (χ4n) is 16.1. The Morgan fingerprint density at radius 3 is 1.96 bits per heavy atom. The van der Waals surface area contributed by atoms with Crippen molar-refractivity contribution in [2.24, 2.45) is 47.2 Å². The number of amides is 5. The first-order valence-corrected chi connectivity index (χ1v) is 48.3. The number of allylic oxidation sites excluding steroid dienone is 1. The van der Waals surface area contributed by atoms with Gasteiger partial charge in [0.15, 0.2) is 40.5 Å². The molecule has 3 aromatic carbocycles. The maximum absolute atomic E-state index is 15.6. The first-order chi connectivity index (χ1) is 64.5. The standard InChI is InChI=1S/C93H124N16O24S3/c1-9-12-14-34-108(70(51(4)5)45-75(133-11-3)87-104-69(50-134-87)72(112)38-56(36-53(7)89(127)128)37-54-19-27-63(110)28-20-54)88(126)79(52(6)10-2)105-85(124)71-18-13-15-35-109(71,8)48-55-21-30-65(31-22-55)136-135-49-60(90(129)130)41-74(114)68(44-78(119)120)103-84(123)59(43-77(117)118)40-73(113)66(17-16-33-97-92(94)95)101-83(122)58(42-76(115)116)39-64(111)29-32-67(91(131)132)102-82(121)57-23-25-61(26-24-57)98-46-62-47-99-81-80(100-62)86(125)107-93(96)106-81/h12,14,19-28,30-31,47,50-53,56,58-60,66-68,70-71,75,79H,9-11,13,15-18,29,32-46,48-49H2,1-8H3,(H18-,94,95,96,97,98,99,101,102,103,105,106,107,110,115,116,117,118,119,120,121,122,123,124,125,127,128,129,130,131,132)/p+1/b14-12+/t52?,53-,56+,58-,59-,60-,66-,67-,68-,70+,71+,75+,79-,109?/m0/s1. The molecule has 4 heterocycles. The Kier molecular flexibility index (Phi) is 44.0. The van der Waals surface area contributed by atoms with Crippen LogP contribution >= 0.6 is 32.9 Å². The van der Waals surface area contributed by atoms with Crippen molar-refractivity contribution < 1.29 is 117 Å². The molecule has 0 spiro atoms. The monoisotopic (exact) mass is 1950 g/mol. The van der Waals surface area contributed by atoms with Crippen LogP contribution in [0.1, 0.15) is 213 Å². The lowest BCUT2D eigenvalue weighted by atomic mass is 9.86. The van der Waals surface area contributed by atoms with Gasteiger partial charge in [-0.15, -0.1) is 11.3 Å². The number of carboxylic acid groups (broad SMARTS) is 6. The molecule has 0 radical (unpaired) electrons. The van der Waals surface area contributed by atoms with E-state index < -0.39 is 200 Å². The molecule has 0 bridgehead atoms. The summed E-state index contributed by atoms with van der Waals surface area (Å²) in [5.74, 6) is -23.5. The summed E-state index contributed by atoms with van der Waals surface area (Å²) in [6, 6.07) is 12.4. The third-order valence-corrected chi connectivity index (χ3v) is 27.1. The number of piperidine rings is 1. The van der Waals surface area contributed by atoms with Gasteiger partial charge in [-0.1, -0.05) is 106 Å². The van der Waals surface area contributed by atoms with Crippen molar-refractivity contribution in [3.8, 4) is 5.75 Å². The summed E-state index contributed by atoms with van der Waals surface area (Å²) in [6.45, 7) is 14.9. The second-order valence-electron chi connectivity index (χ2n) is 34.8. The third-order valence-electron chi connectivity index (χ3n) is 23.7. The number of guanidine groups is 1. The Balaban J connectivity index is 0.957. The smallest absolute Gasteiger partial charge is 0.326 e. The number of carbonyl (C=O) groups excluding carboxylic acids is 9. The molecule has 6 aromatic rings. The molecule has 14 atom stereocenters. The number of aliphatic carboxylic acids is 6. The Labute approximate surface area is 798 Å². The minimum atomic E-state index is -1.97. The number of aromatic amines is 1. The number of nitrogen functional groups attached to an aromatic ring is 1. The molecule has 136 heavy (non-hydrogen) atoms. The van der Waals surface area contributed by atoms with Crippen LogP contribution in [0.2, 0.25) is 0 Å². The zero-order chi connectivity index (χ0) is 100. The van der Waals surface area contributed by atoms with Crippen LogP contribution in [0.4, 0.5) is 11.6 Å². The van der Waals surface area contributed by atoms with Crippen LogP contribution < -0.4 is 48.9 Å². The van der Waals surface area contributed by atoms with Gasteiger partial charge in [0.25, 0.3) is 17.4 Å². The fraction of sp³-hybridized carbons (Fsp3) is 0.516. The summed E-state index contributed by atoms with van der Waals surface area (Å²) in [4.78, 5) is 237. The molecule has 7 rings (SSSR count). The molecule has 1 aliphatic rings. The van der Waals surface area contributed by atoms with Crippen LogP contribution in [-0.2, 0) is 86.6 Å². The number of benzene rings is 3. The minimum Gasteiger partial charge on any atom is -0.508 e. The van der Waals surface area contributed by atoms with Gasteiger partial charge in [0.1, 0.15) is 47.0 Å². The van der Waals surface area contributed by atoms with Crippen LogP contribution in [0.3, 0.4) is 0 Å². The summed E-state index contributed by atoms with van der Waals surface area (Å²) < 4.78 is 6.72. The normalized spacial score (nSPS) is 16.4. The molecule has 0 aliphatic carbocycles. The highest BCUT2D eigenvalue weighted by Gasteiger charge is 2.45. The Morgan fingerprint density at radius 1 is 0.706 bits per heavy atom. The average Bonchev–Trinajstić information content (AvgIpc) is 1.11. The highest BCUT2D eigenvalue weighted by molar-refractivity contribution is 8.76. The predicted octanol–water partition coefficient (Wildman–Crippen LogP) is 8.50. The second-order valence-corrected chi connectivity index (χ2v) is 38.1. The van der Waals surface area contributed by atoms with E-state index in [1.807, 2.05) is 89.9 Å². The van der Waals surface area contributed by atoms with Gasteiger partial charge >= 0.3 is 35.8 Å². The van der Waals surface area contributed by atoms with E-state index in [0.29, 0.717) is 71.0 Å². The minimum absolute atomic E-state index is 0.000256. The molecule has 19 N–H and O–H groups in total. The van der Waals surface area contributed by atoms with Gasteiger partial charge < -0.3 is 93.2 Å². The first kappa shape index (κ1) is 110. The molecule has 40 nitrogen and oxygen atoms in total. The number of hydrogen-bond donors (Lipinski definition) is 17. The summed E-state index contributed by atoms with van der Waals surface area (Å²) in [7, 11) is 4.24. The number of H-pyrrole nitrogens is 1. The van der Waals surface area contributed by atoms with Crippen molar-refractivity contribution in [2.75, 3.05) is 50.1 Å². The summed E-state index contributed by atoms with van der Waals surface area (Å²) in [6.07, 6.45) is 1.45. The summed E-state index contributed by atoms with van der Waals surface area (Å²) in [5.41, 5.74) is 13.1. The largest absolute Gasteiger partial charge is 0.508 e. The van der Waals surface area contributed by atoms with Gasteiger partial charge in [-0.2, -0.15) is 4.98 Å². The third kappa shape index (κ3) is 35.3. The van der Waals surface area contributed by atoms with E-state index in [4.69, 9.17) is 26.6 Å². The molecular formula is C93H125N16O24S3+. The van der Waals surface area contributed by atoms with E-state index in [2.05, 4.69) is 51.8 Å². The maximum Gasteiger partial charge on any atom is 0.326 e. The lowest BCUT2D eigenvalue weighted by Crippen LogP contribution is -2.63. The first-order valence-electron chi connectivity index (χ1n) is 45.1. The lowest BCUT2D eigenvalue weighted by molar-refractivity contribution is -0.942. The molecule has 1 fully saturated rings. The van der Waals surface area contributed by atoms with E-state index in [9.17, 15) is 103 Å². The van der Waals surface area contributed by atoms with Gasteiger partial charge in [0.05, 0.1) is 87.0 Å². The number of nitrogens with zero attached hydrogens (tertiary/aromatic N) is 6. The predicted molar refractivity (Wildman–Crippen MR) is 506 cm³/mol. The van der Waals surface area contributed by atoms with Crippen molar-refractivity contribution >= 4 is 150 Å². The number of carboxylic acids is 6. The number of aromatic hydroxyl groups is 1. The number of rotatable bonds is 61. The number of aromatic nitrogens is 5. The molecule has 5 amide bonds. The molecule has 738 valence electrons. The molecule has 43 heteroatoms. The fourth-order valence-corrected chi connectivity index (χ4v) is 19.3. The zero-order valence-electron chi connectivity index (χ0n) is 77.3. The number of nitrogens with two attached hydrogens (primary N) is 2. The van der Waals surface area contributed by atoms with E-state index >= 15 is 9.59 Å². The molecule has 3 aromatic heterocycles. The molecular weight excluding hydrogens is 1820 g/mol. The number of carbonyl (C=O) groups is 15. The number of phenolic OH excluding ortho intramolecular Hbond substituents is 1. The van der Waals surface area contributed by atoms with Gasteiger partial charge in [-0.05, 0) is 130 Å². The van der Waals surface area contributed by atoms with Crippen molar-refractivity contribution in [1.82, 2.24) is 56.4 Å². The van der Waals surface area contributed by atoms with Crippen molar-refractivity contribution in [2.45, 2.75) is 231 Å². The molecule has 1 saturated heterocycles. The number of likely N-dealkylation sites (tertiary alicyclic amines) is 1. The number of quaternary nitrogens is 1. The average molecular weight is 1950 g/mol.